The molecule has 4 nitrogen and oxygen atoms in total. The SMILES string of the molecule is COC(=O)c1nc(C(F)(F)F)ccc1O. The zero-order valence-electron chi connectivity index (χ0n) is 7.50. The first-order chi connectivity index (χ1) is 6.86. The van der Waals surface area contributed by atoms with Crippen LogP contribution in [0.25, 0.3) is 0 Å². The van der Waals surface area contributed by atoms with Crippen molar-refractivity contribution in [1.29, 1.82) is 0 Å². The smallest absolute Gasteiger partial charge is 0.433 e. The molecule has 0 saturated heterocycles. The highest BCUT2D eigenvalue weighted by atomic mass is 19.4. The number of aromatic nitrogens is 1. The summed E-state index contributed by atoms with van der Waals surface area (Å²) in [5.74, 6) is -1.78. The number of rotatable bonds is 1. The quantitative estimate of drug-likeness (QED) is 0.731. The lowest BCUT2D eigenvalue weighted by atomic mass is 10.2. The molecule has 0 aliphatic carbocycles. The lowest BCUT2D eigenvalue weighted by Gasteiger charge is -2.07. The molecular formula is C8H6F3NO3. The fraction of sp³-hybridized carbons (Fsp3) is 0.250. The molecule has 82 valence electrons. The molecule has 0 aliphatic rings. The molecule has 0 bridgehead atoms. The molecule has 7 heteroatoms. The maximum atomic E-state index is 12.2. The molecule has 0 radical (unpaired) electrons. The molecule has 1 aromatic rings. The van der Waals surface area contributed by atoms with Crippen LogP contribution in [-0.2, 0) is 10.9 Å². The van der Waals surface area contributed by atoms with E-state index in [0.717, 1.165) is 13.2 Å². The van der Waals surface area contributed by atoms with E-state index in [1.807, 2.05) is 0 Å². The van der Waals surface area contributed by atoms with Crippen LogP contribution in [-0.4, -0.2) is 23.2 Å². The second-order valence-corrected chi connectivity index (χ2v) is 2.55. The van der Waals surface area contributed by atoms with Gasteiger partial charge in [-0.05, 0) is 12.1 Å². The number of halogens is 3. The second-order valence-electron chi connectivity index (χ2n) is 2.55. The number of esters is 1. The average molecular weight is 221 g/mol. The Balaban J connectivity index is 3.23. The van der Waals surface area contributed by atoms with Crippen molar-refractivity contribution in [3.8, 4) is 5.75 Å². The summed E-state index contributed by atoms with van der Waals surface area (Å²) < 4.78 is 40.7. The summed E-state index contributed by atoms with van der Waals surface area (Å²) in [6.45, 7) is 0. The molecule has 0 aliphatic heterocycles. The van der Waals surface area contributed by atoms with Crippen LogP contribution in [0.5, 0.6) is 5.75 Å². The van der Waals surface area contributed by atoms with Gasteiger partial charge in [0.1, 0.15) is 11.4 Å². The first kappa shape index (κ1) is 11.3. The summed E-state index contributed by atoms with van der Waals surface area (Å²) >= 11 is 0. The van der Waals surface area contributed by atoms with E-state index in [9.17, 15) is 18.0 Å². The Kier molecular flexibility index (Phi) is 2.83. The molecule has 0 amide bonds. The summed E-state index contributed by atoms with van der Waals surface area (Å²) in [6, 6.07) is 1.31. The molecule has 0 fully saturated rings. The maximum absolute atomic E-state index is 12.2. The molecule has 0 spiro atoms. The molecule has 1 heterocycles. The van der Waals surface area contributed by atoms with Gasteiger partial charge in [-0.3, -0.25) is 0 Å². The Bertz CT molecular complexity index is 389. The summed E-state index contributed by atoms with van der Waals surface area (Å²) in [5.41, 5.74) is -2.02. The molecule has 1 N–H and O–H groups in total. The van der Waals surface area contributed by atoms with Crippen LogP contribution in [0.3, 0.4) is 0 Å². The molecule has 0 atom stereocenters. The van der Waals surface area contributed by atoms with Crippen LogP contribution < -0.4 is 0 Å². The number of ether oxygens (including phenoxy) is 1. The molecular weight excluding hydrogens is 215 g/mol. The lowest BCUT2D eigenvalue weighted by Crippen LogP contribution is -2.12. The van der Waals surface area contributed by atoms with Gasteiger partial charge in [0.15, 0.2) is 5.69 Å². The minimum atomic E-state index is -4.67. The Morgan fingerprint density at radius 3 is 2.53 bits per heavy atom. The lowest BCUT2D eigenvalue weighted by molar-refractivity contribution is -0.141. The predicted octanol–water partition coefficient (Wildman–Crippen LogP) is 1.59. The summed E-state index contributed by atoms with van der Waals surface area (Å²) in [7, 11) is 0.976. The summed E-state index contributed by atoms with van der Waals surface area (Å²) in [4.78, 5) is 13.9. The van der Waals surface area contributed by atoms with Gasteiger partial charge in [-0.25, -0.2) is 9.78 Å². The minimum absolute atomic E-state index is 0.571. The van der Waals surface area contributed by atoms with Gasteiger partial charge >= 0.3 is 12.1 Å². The van der Waals surface area contributed by atoms with Gasteiger partial charge < -0.3 is 9.84 Å². The Hall–Kier alpha value is -1.79. The van der Waals surface area contributed by atoms with Crippen molar-refractivity contribution < 1.29 is 27.8 Å². The van der Waals surface area contributed by atoms with Crippen molar-refractivity contribution in [2.75, 3.05) is 7.11 Å². The van der Waals surface area contributed by atoms with E-state index in [4.69, 9.17) is 5.11 Å². The van der Waals surface area contributed by atoms with E-state index in [1.165, 1.54) is 0 Å². The summed E-state index contributed by atoms with van der Waals surface area (Å²) in [5, 5.41) is 9.07. The van der Waals surface area contributed by atoms with Crippen LogP contribution >= 0.6 is 0 Å². The largest absolute Gasteiger partial charge is 0.505 e. The van der Waals surface area contributed by atoms with Crippen molar-refractivity contribution in [3.05, 3.63) is 23.5 Å². The zero-order valence-corrected chi connectivity index (χ0v) is 7.50. The van der Waals surface area contributed by atoms with Gasteiger partial charge in [-0.2, -0.15) is 13.2 Å². The van der Waals surface area contributed by atoms with Gasteiger partial charge in [0.2, 0.25) is 0 Å². The highest BCUT2D eigenvalue weighted by Gasteiger charge is 2.33. The fourth-order valence-corrected chi connectivity index (χ4v) is 0.857. The number of hydrogen-bond acceptors (Lipinski definition) is 4. The number of carbonyl (C=O) groups excluding carboxylic acids is 1. The van der Waals surface area contributed by atoms with E-state index in [1.54, 1.807) is 0 Å². The zero-order chi connectivity index (χ0) is 11.6. The third kappa shape index (κ3) is 2.36. The Labute approximate surface area is 82.3 Å². The van der Waals surface area contributed by atoms with E-state index >= 15 is 0 Å². The van der Waals surface area contributed by atoms with Crippen molar-refractivity contribution in [2.24, 2.45) is 0 Å². The first-order valence-electron chi connectivity index (χ1n) is 3.71. The normalized spacial score (nSPS) is 11.2. The van der Waals surface area contributed by atoms with E-state index in [-0.39, 0.29) is 0 Å². The Morgan fingerprint density at radius 2 is 2.07 bits per heavy atom. The number of alkyl halides is 3. The van der Waals surface area contributed by atoms with Gasteiger partial charge in [0.25, 0.3) is 0 Å². The molecule has 0 unspecified atom stereocenters. The van der Waals surface area contributed by atoms with E-state index < -0.39 is 29.3 Å². The number of nitrogens with zero attached hydrogens (tertiary/aromatic N) is 1. The van der Waals surface area contributed by atoms with Gasteiger partial charge in [0, 0.05) is 0 Å². The first-order valence-corrected chi connectivity index (χ1v) is 3.71. The van der Waals surface area contributed by atoms with Gasteiger partial charge in [0.05, 0.1) is 7.11 Å². The van der Waals surface area contributed by atoms with Crippen molar-refractivity contribution >= 4 is 5.97 Å². The van der Waals surface area contributed by atoms with E-state index in [0.29, 0.717) is 6.07 Å². The van der Waals surface area contributed by atoms with Gasteiger partial charge in [-0.1, -0.05) is 0 Å². The monoisotopic (exact) mass is 221 g/mol. The van der Waals surface area contributed by atoms with Crippen LogP contribution in [0.15, 0.2) is 12.1 Å². The standard InChI is InChI=1S/C8H6F3NO3/c1-15-7(14)6-4(13)2-3-5(12-6)8(9,10)11/h2-3,13H,1H3. The molecule has 0 saturated carbocycles. The molecule has 1 rings (SSSR count). The highest BCUT2D eigenvalue weighted by molar-refractivity contribution is 5.90. The Morgan fingerprint density at radius 1 is 1.47 bits per heavy atom. The predicted molar refractivity (Wildman–Crippen MR) is 42.2 cm³/mol. The van der Waals surface area contributed by atoms with Crippen LogP contribution in [0.2, 0.25) is 0 Å². The number of carbonyl (C=O) groups is 1. The third-order valence-electron chi connectivity index (χ3n) is 1.54. The molecule has 1 aromatic heterocycles. The number of pyridine rings is 1. The van der Waals surface area contributed by atoms with Crippen molar-refractivity contribution in [3.63, 3.8) is 0 Å². The second kappa shape index (κ2) is 3.76. The number of aromatic hydroxyl groups is 1. The molecule has 0 aromatic carbocycles. The van der Waals surface area contributed by atoms with Gasteiger partial charge in [-0.15, -0.1) is 0 Å². The van der Waals surface area contributed by atoms with Crippen molar-refractivity contribution in [1.82, 2.24) is 4.98 Å². The topological polar surface area (TPSA) is 59.4 Å². The maximum Gasteiger partial charge on any atom is 0.433 e. The summed E-state index contributed by atoms with van der Waals surface area (Å²) in [6.07, 6.45) is -4.67. The van der Waals surface area contributed by atoms with Crippen LogP contribution in [0.1, 0.15) is 16.2 Å². The highest BCUT2D eigenvalue weighted by Crippen LogP contribution is 2.29. The average Bonchev–Trinajstić information content (AvgIpc) is 2.15. The minimum Gasteiger partial charge on any atom is -0.505 e. The molecule has 15 heavy (non-hydrogen) atoms. The fourth-order valence-electron chi connectivity index (χ4n) is 0.857. The van der Waals surface area contributed by atoms with Crippen LogP contribution in [0, 0.1) is 0 Å². The van der Waals surface area contributed by atoms with Crippen LogP contribution in [0.4, 0.5) is 13.2 Å². The van der Waals surface area contributed by atoms with Crippen molar-refractivity contribution in [2.45, 2.75) is 6.18 Å². The third-order valence-corrected chi connectivity index (χ3v) is 1.54. The number of hydrogen-bond donors (Lipinski definition) is 1. The number of methoxy groups -OCH3 is 1. The van der Waals surface area contributed by atoms with E-state index in [2.05, 4.69) is 9.72 Å².